The minimum absolute atomic E-state index is 0.157. The first kappa shape index (κ1) is 18.8. The summed E-state index contributed by atoms with van der Waals surface area (Å²) >= 11 is 0. The number of carbonyl (C=O) groups is 1. The Morgan fingerprint density at radius 1 is 1.29 bits per heavy atom. The summed E-state index contributed by atoms with van der Waals surface area (Å²) in [5, 5.41) is 16.3. The highest BCUT2D eigenvalue weighted by Gasteiger charge is 2.19. The summed E-state index contributed by atoms with van der Waals surface area (Å²) in [4.78, 5) is 21.1. The molecule has 3 rings (SSSR count). The lowest BCUT2D eigenvalue weighted by atomic mass is 10.2. The van der Waals surface area contributed by atoms with Crippen molar-refractivity contribution >= 4 is 17.6 Å². The number of nitriles is 1. The van der Waals surface area contributed by atoms with Crippen molar-refractivity contribution in [2.45, 2.75) is 6.92 Å². The highest BCUT2D eigenvalue weighted by atomic mass is 16.5. The quantitative estimate of drug-likeness (QED) is 0.651. The molecule has 1 aromatic carbocycles. The van der Waals surface area contributed by atoms with Crippen molar-refractivity contribution in [1.29, 1.82) is 5.26 Å². The molecule has 2 aromatic heterocycles. The molecule has 0 aliphatic carbocycles. The average molecular weight is 378 g/mol. The molecule has 9 nitrogen and oxygen atoms in total. The van der Waals surface area contributed by atoms with Gasteiger partial charge in [0.15, 0.2) is 5.82 Å². The zero-order valence-electron chi connectivity index (χ0n) is 15.6. The molecule has 0 aliphatic heterocycles. The first-order valence-corrected chi connectivity index (χ1v) is 8.45. The standard InChI is InChI=1S/C19H18N6O3/c1-4-28-19(26)15-11-21-16(12-5-7-14(27-3)8-6-12)23-17(15)24-18-13(9-20)10-22-25(18)2/h5-8,10-11H,4H2,1-3H3,(H,21,23,24). The minimum Gasteiger partial charge on any atom is -0.497 e. The third kappa shape index (κ3) is 3.76. The Morgan fingerprint density at radius 2 is 2.04 bits per heavy atom. The molecule has 3 aromatic rings. The molecule has 0 atom stereocenters. The van der Waals surface area contributed by atoms with E-state index in [9.17, 15) is 10.1 Å². The summed E-state index contributed by atoms with van der Waals surface area (Å²) in [6.45, 7) is 1.93. The second-order valence-electron chi connectivity index (χ2n) is 5.67. The van der Waals surface area contributed by atoms with Crippen LogP contribution in [-0.4, -0.2) is 39.4 Å². The van der Waals surface area contributed by atoms with Crippen molar-refractivity contribution in [2.75, 3.05) is 19.0 Å². The van der Waals surface area contributed by atoms with Crippen LogP contribution in [0.5, 0.6) is 5.75 Å². The van der Waals surface area contributed by atoms with Gasteiger partial charge in [0.1, 0.15) is 34.6 Å². The predicted molar refractivity (Wildman–Crippen MR) is 101 cm³/mol. The third-order valence-electron chi connectivity index (χ3n) is 3.93. The van der Waals surface area contributed by atoms with Crippen LogP contribution in [0.25, 0.3) is 11.4 Å². The van der Waals surface area contributed by atoms with E-state index in [1.54, 1.807) is 33.2 Å². The smallest absolute Gasteiger partial charge is 0.343 e. The molecule has 28 heavy (non-hydrogen) atoms. The number of hydrogen-bond acceptors (Lipinski definition) is 8. The Balaban J connectivity index is 2.06. The fraction of sp³-hybridized carbons (Fsp3) is 0.211. The van der Waals surface area contributed by atoms with Crippen LogP contribution in [0, 0.1) is 11.3 Å². The Hall–Kier alpha value is -3.93. The van der Waals surface area contributed by atoms with Crippen molar-refractivity contribution in [1.82, 2.24) is 19.7 Å². The van der Waals surface area contributed by atoms with Gasteiger partial charge >= 0.3 is 5.97 Å². The normalized spacial score (nSPS) is 10.2. The molecule has 0 bridgehead atoms. The molecular formula is C19H18N6O3. The Kier molecular flexibility index (Phi) is 5.50. The van der Waals surface area contributed by atoms with Gasteiger partial charge in [0.05, 0.1) is 19.9 Å². The topological polar surface area (TPSA) is 115 Å². The van der Waals surface area contributed by atoms with Crippen LogP contribution in [0.1, 0.15) is 22.8 Å². The molecule has 0 amide bonds. The van der Waals surface area contributed by atoms with Crippen molar-refractivity contribution in [3.8, 4) is 23.2 Å². The van der Waals surface area contributed by atoms with Crippen LogP contribution in [0.15, 0.2) is 36.7 Å². The maximum Gasteiger partial charge on any atom is 0.343 e. The van der Waals surface area contributed by atoms with E-state index < -0.39 is 5.97 Å². The minimum atomic E-state index is -0.563. The number of anilines is 2. The number of benzene rings is 1. The molecule has 2 heterocycles. The fourth-order valence-electron chi connectivity index (χ4n) is 2.49. The first-order chi connectivity index (χ1) is 13.6. The SMILES string of the molecule is CCOC(=O)c1cnc(-c2ccc(OC)cc2)nc1Nc1c(C#N)cnn1C. The second-order valence-corrected chi connectivity index (χ2v) is 5.67. The van der Waals surface area contributed by atoms with Gasteiger partial charge in [-0.1, -0.05) is 0 Å². The maximum absolute atomic E-state index is 12.3. The number of esters is 1. The molecule has 0 fully saturated rings. The van der Waals surface area contributed by atoms with E-state index in [1.807, 2.05) is 12.1 Å². The summed E-state index contributed by atoms with van der Waals surface area (Å²) in [5.74, 6) is 1.18. The number of rotatable bonds is 6. The van der Waals surface area contributed by atoms with Gasteiger partial charge in [-0.15, -0.1) is 0 Å². The van der Waals surface area contributed by atoms with E-state index >= 15 is 0 Å². The van der Waals surface area contributed by atoms with Crippen LogP contribution in [0.2, 0.25) is 0 Å². The third-order valence-corrected chi connectivity index (χ3v) is 3.93. The predicted octanol–water partition coefficient (Wildman–Crippen LogP) is 2.68. The molecule has 142 valence electrons. The molecule has 0 saturated carbocycles. The van der Waals surface area contributed by atoms with E-state index in [0.29, 0.717) is 23.0 Å². The number of carbonyl (C=O) groups excluding carboxylic acids is 1. The van der Waals surface area contributed by atoms with Crippen LogP contribution < -0.4 is 10.1 Å². The zero-order chi connectivity index (χ0) is 20.1. The van der Waals surface area contributed by atoms with E-state index in [-0.39, 0.29) is 18.0 Å². The van der Waals surface area contributed by atoms with Crippen LogP contribution in [0.4, 0.5) is 11.6 Å². The average Bonchev–Trinajstić information content (AvgIpc) is 3.07. The highest BCUT2D eigenvalue weighted by Crippen LogP contribution is 2.25. The van der Waals surface area contributed by atoms with Gasteiger partial charge in [0.2, 0.25) is 0 Å². The number of aryl methyl sites for hydroxylation is 1. The second kappa shape index (κ2) is 8.18. The molecule has 1 N–H and O–H groups in total. The number of methoxy groups -OCH3 is 1. The Labute approximate surface area is 161 Å². The zero-order valence-corrected chi connectivity index (χ0v) is 15.6. The molecule has 0 radical (unpaired) electrons. The molecule has 0 spiro atoms. The van der Waals surface area contributed by atoms with Gasteiger partial charge in [0.25, 0.3) is 0 Å². The highest BCUT2D eigenvalue weighted by molar-refractivity contribution is 5.95. The summed E-state index contributed by atoms with van der Waals surface area (Å²) < 4.78 is 11.7. The lowest BCUT2D eigenvalue weighted by Crippen LogP contribution is -2.12. The van der Waals surface area contributed by atoms with Crippen molar-refractivity contribution in [3.05, 3.63) is 47.8 Å². The van der Waals surface area contributed by atoms with Gasteiger partial charge in [-0.25, -0.2) is 14.8 Å². The lowest BCUT2D eigenvalue weighted by Gasteiger charge is -2.12. The largest absolute Gasteiger partial charge is 0.497 e. The lowest BCUT2D eigenvalue weighted by molar-refractivity contribution is 0.0526. The van der Waals surface area contributed by atoms with Gasteiger partial charge in [0, 0.05) is 18.8 Å². The van der Waals surface area contributed by atoms with E-state index in [1.165, 1.54) is 17.1 Å². The van der Waals surface area contributed by atoms with Crippen LogP contribution in [-0.2, 0) is 11.8 Å². The number of aromatic nitrogens is 4. The van der Waals surface area contributed by atoms with Gasteiger partial charge in [-0.05, 0) is 31.2 Å². The monoisotopic (exact) mass is 378 g/mol. The van der Waals surface area contributed by atoms with Crippen molar-refractivity contribution in [2.24, 2.45) is 7.05 Å². The Bertz CT molecular complexity index is 1040. The van der Waals surface area contributed by atoms with Gasteiger partial charge in [-0.3, -0.25) is 4.68 Å². The molecule has 0 unspecified atom stereocenters. The van der Waals surface area contributed by atoms with Crippen molar-refractivity contribution in [3.63, 3.8) is 0 Å². The number of nitrogens with zero attached hydrogens (tertiary/aromatic N) is 5. The van der Waals surface area contributed by atoms with E-state index in [4.69, 9.17) is 9.47 Å². The number of hydrogen-bond donors (Lipinski definition) is 1. The number of ether oxygens (including phenoxy) is 2. The maximum atomic E-state index is 12.3. The van der Waals surface area contributed by atoms with Crippen LogP contribution in [0.3, 0.4) is 0 Å². The summed E-state index contributed by atoms with van der Waals surface area (Å²) in [7, 11) is 3.27. The first-order valence-electron chi connectivity index (χ1n) is 8.45. The Morgan fingerprint density at radius 3 is 2.68 bits per heavy atom. The van der Waals surface area contributed by atoms with E-state index in [0.717, 1.165) is 5.56 Å². The molecule has 0 aliphatic rings. The summed E-state index contributed by atoms with van der Waals surface area (Å²) in [5.41, 5.74) is 1.22. The van der Waals surface area contributed by atoms with E-state index in [2.05, 4.69) is 26.5 Å². The summed E-state index contributed by atoms with van der Waals surface area (Å²) in [6, 6.07) is 9.26. The molecule has 9 heteroatoms. The molecule has 0 saturated heterocycles. The van der Waals surface area contributed by atoms with Gasteiger partial charge < -0.3 is 14.8 Å². The fourth-order valence-corrected chi connectivity index (χ4v) is 2.49. The molecular weight excluding hydrogens is 360 g/mol. The van der Waals surface area contributed by atoms with Crippen molar-refractivity contribution < 1.29 is 14.3 Å². The van der Waals surface area contributed by atoms with Crippen LogP contribution >= 0.6 is 0 Å². The summed E-state index contributed by atoms with van der Waals surface area (Å²) in [6.07, 6.45) is 2.83. The number of nitrogens with one attached hydrogen (secondary N) is 1. The van der Waals surface area contributed by atoms with Gasteiger partial charge in [-0.2, -0.15) is 10.4 Å².